The van der Waals surface area contributed by atoms with E-state index in [4.69, 9.17) is 8.83 Å². The molecule has 0 N–H and O–H groups in total. The van der Waals surface area contributed by atoms with Gasteiger partial charge in [0.2, 0.25) is 0 Å². The molecule has 6 aromatic heterocycles. The molecule has 0 radical (unpaired) electrons. The number of rotatable bonds is 6. The summed E-state index contributed by atoms with van der Waals surface area (Å²) in [5.41, 5.74) is 25.1. The monoisotopic (exact) mass is 1180 g/mol. The summed E-state index contributed by atoms with van der Waals surface area (Å²) in [6.45, 7) is 4.26. The first-order valence-electron chi connectivity index (χ1n) is 31.5. The molecule has 0 aliphatic heterocycles. The highest BCUT2D eigenvalue weighted by molar-refractivity contribution is 6.16. The first-order valence-corrected chi connectivity index (χ1v) is 31.5. The van der Waals surface area contributed by atoms with Gasteiger partial charge in [-0.15, -0.1) is 0 Å². The fraction of sp³-hybridized carbons (Fsp3) is 0.0233. The van der Waals surface area contributed by atoms with Crippen LogP contribution < -0.4 is 0 Å². The molecule has 14 aromatic carbocycles. The van der Waals surface area contributed by atoms with Crippen LogP contribution >= 0.6 is 0 Å². The molecule has 20 rings (SSSR count). The van der Waals surface area contributed by atoms with Crippen molar-refractivity contribution in [2.24, 2.45) is 0 Å². The fourth-order valence-corrected chi connectivity index (χ4v) is 14.9. The normalized spacial score (nSPS) is 12.0. The van der Waals surface area contributed by atoms with Crippen molar-refractivity contribution in [2.75, 3.05) is 0 Å². The Balaban J connectivity index is 0.000000132. The summed E-state index contributed by atoms with van der Waals surface area (Å²) in [6, 6.07) is 110. The molecule has 432 valence electrons. The van der Waals surface area contributed by atoms with Gasteiger partial charge in [-0.3, -0.25) is 0 Å². The highest BCUT2D eigenvalue weighted by Crippen LogP contribution is 2.43. The minimum absolute atomic E-state index is 0.911. The van der Waals surface area contributed by atoms with Crippen LogP contribution in [0.1, 0.15) is 11.1 Å². The second-order valence-electron chi connectivity index (χ2n) is 24.6. The average Bonchev–Trinajstić information content (AvgIpc) is 1.60. The van der Waals surface area contributed by atoms with E-state index in [1.54, 1.807) is 0 Å². The largest absolute Gasteiger partial charge is 0.456 e. The van der Waals surface area contributed by atoms with Crippen LogP contribution in [0, 0.1) is 13.8 Å². The summed E-state index contributed by atoms with van der Waals surface area (Å²) >= 11 is 0. The molecule has 0 aliphatic rings. The maximum absolute atomic E-state index is 6.22. The smallest absolute Gasteiger partial charge is 0.135 e. The molecule has 6 heterocycles. The third-order valence-corrected chi connectivity index (χ3v) is 19.1. The Morgan fingerprint density at radius 3 is 0.880 bits per heavy atom. The lowest BCUT2D eigenvalue weighted by Crippen LogP contribution is -1.94. The highest BCUT2D eigenvalue weighted by atomic mass is 16.3. The summed E-state index contributed by atoms with van der Waals surface area (Å²) in [4.78, 5) is 0. The molecule has 20 aromatic rings. The van der Waals surface area contributed by atoms with Gasteiger partial charge in [0.05, 0.1) is 44.1 Å². The number of hydrogen-bond acceptors (Lipinski definition) is 2. The van der Waals surface area contributed by atoms with Gasteiger partial charge < -0.3 is 27.1 Å². The molecular weight excluding hydrogens is 1120 g/mol. The van der Waals surface area contributed by atoms with Gasteiger partial charge in [0.15, 0.2) is 0 Å². The first-order chi connectivity index (χ1) is 45.4. The van der Waals surface area contributed by atoms with Gasteiger partial charge in [0.25, 0.3) is 0 Å². The minimum atomic E-state index is 0.911. The van der Waals surface area contributed by atoms with Crippen LogP contribution in [0.25, 0.3) is 176 Å². The molecule has 0 spiro atoms. The number of benzene rings is 14. The number of furan rings is 2. The van der Waals surface area contributed by atoms with Gasteiger partial charge in [-0.1, -0.05) is 169 Å². The molecule has 0 unspecified atom stereocenters. The van der Waals surface area contributed by atoms with Gasteiger partial charge in [0.1, 0.15) is 22.3 Å². The Kier molecular flexibility index (Phi) is 11.4. The number of hydrogen-bond donors (Lipinski definition) is 0. The summed E-state index contributed by atoms with van der Waals surface area (Å²) in [6.07, 6.45) is 0. The maximum Gasteiger partial charge on any atom is 0.135 e. The standard InChI is InChI=1S/2C43H28N2O/c2*1-27-15-21-42-36(23-27)37-26-31(18-22-43(37)46-42)45-38-13-7-5-11-32(38)34-19-16-29(25-41(34)45)28-17-20-40-35(24-28)33-12-6-8-14-39(33)44(40)30-9-3-2-4-10-30/h2*2-26H,1H3. The number of aromatic nitrogens is 4. The first kappa shape index (κ1) is 51.9. The summed E-state index contributed by atoms with van der Waals surface area (Å²) in [5, 5.41) is 14.6. The van der Waals surface area contributed by atoms with Gasteiger partial charge in [-0.25, -0.2) is 0 Å². The van der Waals surface area contributed by atoms with E-state index in [1.165, 1.54) is 132 Å². The van der Waals surface area contributed by atoms with E-state index in [2.05, 4.69) is 335 Å². The maximum atomic E-state index is 6.22. The summed E-state index contributed by atoms with van der Waals surface area (Å²) in [5.74, 6) is 0. The molecule has 0 saturated heterocycles. The van der Waals surface area contributed by atoms with Crippen LogP contribution in [0.2, 0.25) is 0 Å². The van der Waals surface area contributed by atoms with Crippen LogP contribution in [-0.4, -0.2) is 18.3 Å². The number of fused-ring (bicyclic) bond motifs is 18. The summed E-state index contributed by atoms with van der Waals surface area (Å²) in [7, 11) is 0. The van der Waals surface area contributed by atoms with Gasteiger partial charge in [0, 0.05) is 87.4 Å². The van der Waals surface area contributed by atoms with E-state index < -0.39 is 0 Å². The SMILES string of the molecule is Cc1ccc2oc3ccc(-n4c5ccccc5c5ccc(-c6ccc7c(c6)c6ccccc6n7-c6ccccc6)cc54)cc3c2c1.Cc1ccc2oc3ccc(-n4c5ccccc5c5ccc(-c6ccc7c(c6)c6ccccc6n7-c6ccccc6)cc54)cc3c2c1. The van der Waals surface area contributed by atoms with Crippen molar-refractivity contribution in [2.45, 2.75) is 13.8 Å². The zero-order valence-electron chi connectivity index (χ0n) is 50.5. The average molecular weight is 1180 g/mol. The highest BCUT2D eigenvalue weighted by Gasteiger charge is 2.21. The zero-order chi connectivity index (χ0) is 60.7. The van der Waals surface area contributed by atoms with Crippen molar-refractivity contribution in [1.82, 2.24) is 18.3 Å². The van der Waals surface area contributed by atoms with E-state index in [0.717, 1.165) is 55.3 Å². The second-order valence-corrected chi connectivity index (χ2v) is 24.6. The Bertz CT molecular complexity index is 6010. The van der Waals surface area contributed by atoms with Crippen LogP contribution in [-0.2, 0) is 0 Å². The molecule has 0 saturated carbocycles. The van der Waals surface area contributed by atoms with E-state index in [-0.39, 0.29) is 0 Å². The quantitative estimate of drug-likeness (QED) is 0.167. The molecule has 0 atom stereocenters. The van der Waals surface area contributed by atoms with Crippen LogP contribution in [0.3, 0.4) is 0 Å². The van der Waals surface area contributed by atoms with E-state index in [0.29, 0.717) is 0 Å². The number of para-hydroxylation sites is 6. The molecular formula is C86H56N4O2. The lowest BCUT2D eigenvalue weighted by Gasteiger charge is -2.10. The molecule has 0 aliphatic carbocycles. The van der Waals surface area contributed by atoms with Crippen molar-refractivity contribution >= 4 is 131 Å². The predicted octanol–water partition coefficient (Wildman–Crippen LogP) is 23.5. The zero-order valence-corrected chi connectivity index (χ0v) is 50.5. The number of nitrogens with zero attached hydrogens (tertiary/aromatic N) is 4. The third-order valence-electron chi connectivity index (χ3n) is 19.1. The van der Waals surface area contributed by atoms with Crippen LogP contribution in [0.4, 0.5) is 0 Å². The van der Waals surface area contributed by atoms with Crippen molar-refractivity contribution in [3.63, 3.8) is 0 Å². The topological polar surface area (TPSA) is 46.0 Å². The second kappa shape index (κ2) is 20.2. The van der Waals surface area contributed by atoms with E-state index in [1.807, 2.05) is 0 Å². The van der Waals surface area contributed by atoms with Crippen LogP contribution in [0.15, 0.2) is 312 Å². The van der Waals surface area contributed by atoms with E-state index >= 15 is 0 Å². The van der Waals surface area contributed by atoms with Gasteiger partial charge in [-0.2, -0.15) is 0 Å². The lowest BCUT2D eigenvalue weighted by atomic mass is 10.0. The minimum Gasteiger partial charge on any atom is -0.456 e. The molecule has 0 fully saturated rings. The third kappa shape index (κ3) is 8.00. The van der Waals surface area contributed by atoms with E-state index in [9.17, 15) is 0 Å². The van der Waals surface area contributed by atoms with Crippen molar-refractivity contribution < 1.29 is 8.83 Å². The Hall–Kier alpha value is -12.1. The number of aryl methyl sites for hydroxylation is 2. The fourth-order valence-electron chi connectivity index (χ4n) is 14.9. The lowest BCUT2D eigenvalue weighted by molar-refractivity contribution is 0.668. The molecule has 0 amide bonds. The van der Waals surface area contributed by atoms with Gasteiger partial charge >= 0.3 is 0 Å². The Labute approximate surface area is 528 Å². The Morgan fingerprint density at radius 2 is 0.478 bits per heavy atom. The Morgan fingerprint density at radius 1 is 0.185 bits per heavy atom. The molecule has 0 bridgehead atoms. The van der Waals surface area contributed by atoms with Crippen molar-refractivity contribution in [1.29, 1.82) is 0 Å². The van der Waals surface area contributed by atoms with Gasteiger partial charge in [-0.05, 0) is 182 Å². The predicted molar refractivity (Wildman–Crippen MR) is 385 cm³/mol. The summed E-state index contributed by atoms with van der Waals surface area (Å²) < 4.78 is 22.0. The molecule has 92 heavy (non-hydrogen) atoms. The van der Waals surface area contributed by atoms with Crippen LogP contribution in [0.5, 0.6) is 0 Å². The van der Waals surface area contributed by atoms with Crippen molar-refractivity contribution in [3.05, 3.63) is 314 Å². The molecule has 6 heteroatoms. The van der Waals surface area contributed by atoms with Crippen molar-refractivity contribution in [3.8, 4) is 45.0 Å². The molecule has 6 nitrogen and oxygen atoms in total.